The fourth-order valence-corrected chi connectivity index (χ4v) is 3.09. The van der Waals surface area contributed by atoms with Gasteiger partial charge in [0.2, 0.25) is 10.0 Å². The number of halogens is 3. The number of rotatable bonds is 4. The van der Waals surface area contributed by atoms with E-state index in [0.717, 1.165) is 23.9 Å². The van der Waals surface area contributed by atoms with Crippen LogP contribution in [-0.4, -0.2) is 19.9 Å². The number of nitriles is 1. The third-order valence-corrected chi connectivity index (χ3v) is 4.08. The number of alkyl halides is 3. The zero-order chi connectivity index (χ0) is 14.7. The van der Waals surface area contributed by atoms with Gasteiger partial charge in [0, 0.05) is 10.6 Å². The van der Waals surface area contributed by atoms with Crippen molar-refractivity contribution < 1.29 is 21.6 Å². The van der Waals surface area contributed by atoms with Gasteiger partial charge in [0.05, 0.1) is 22.9 Å². The van der Waals surface area contributed by atoms with Gasteiger partial charge in [-0.05, 0) is 18.2 Å². The maximum absolute atomic E-state index is 12.5. The molecule has 1 aromatic rings. The molecule has 1 aromatic carbocycles. The largest absolute Gasteiger partial charge is 0.417 e. The second-order valence-corrected chi connectivity index (χ2v) is 6.43. The molecule has 19 heavy (non-hydrogen) atoms. The number of sulfonamides is 1. The Labute approximate surface area is 112 Å². The molecule has 104 valence electrons. The lowest BCUT2D eigenvalue weighted by Gasteiger charge is -2.09. The summed E-state index contributed by atoms with van der Waals surface area (Å²) in [5, 5.41) is 13.5. The lowest BCUT2D eigenvalue weighted by atomic mass is 10.1. The maximum atomic E-state index is 12.5. The Kier molecular flexibility index (Phi) is 4.84. The maximum Gasteiger partial charge on any atom is 0.417 e. The summed E-state index contributed by atoms with van der Waals surface area (Å²) in [5.41, 5.74) is -1.50. The van der Waals surface area contributed by atoms with E-state index in [1.54, 1.807) is 0 Å². The molecule has 0 spiro atoms. The van der Waals surface area contributed by atoms with Crippen LogP contribution < -0.4 is 5.14 Å². The van der Waals surface area contributed by atoms with Crippen LogP contribution in [0.1, 0.15) is 11.1 Å². The first-order valence-electron chi connectivity index (χ1n) is 4.88. The second kappa shape index (κ2) is 5.81. The molecular formula is C10H9F3N2O2S2. The van der Waals surface area contributed by atoms with Crippen molar-refractivity contribution in [2.24, 2.45) is 5.14 Å². The van der Waals surface area contributed by atoms with E-state index in [1.165, 1.54) is 12.1 Å². The average molecular weight is 310 g/mol. The van der Waals surface area contributed by atoms with Crippen molar-refractivity contribution in [1.29, 1.82) is 5.26 Å². The van der Waals surface area contributed by atoms with Crippen molar-refractivity contribution in [2.75, 3.05) is 11.5 Å². The van der Waals surface area contributed by atoms with E-state index in [4.69, 9.17) is 10.4 Å². The van der Waals surface area contributed by atoms with Crippen LogP contribution in [0.3, 0.4) is 0 Å². The first-order valence-corrected chi connectivity index (χ1v) is 7.58. The summed E-state index contributed by atoms with van der Waals surface area (Å²) in [5.74, 6) is -0.185. The van der Waals surface area contributed by atoms with E-state index in [2.05, 4.69) is 0 Å². The molecule has 0 amide bonds. The fraction of sp³-hybridized carbons (Fsp3) is 0.300. The number of nitrogens with zero attached hydrogens (tertiary/aromatic N) is 1. The summed E-state index contributed by atoms with van der Waals surface area (Å²) in [7, 11) is -3.61. The summed E-state index contributed by atoms with van der Waals surface area (Å²) in [6.45, 7) is 0. The predicted octanol–water partition coefficient (Wildman–Crippen LogP) is 1.96. The van der Waals surface area contributed by atoms with Gasteiger partial charge in [0.25, 0.3) is 0 Å². The highest BCUT2D eigenvalue weighted by Gasteiger charge is 2.33. The Hall–Kier alpha value is -1.24. The molecule has 0 aliphatic rings. The van der Waals surface area contributed by atoms with Gasteiger partial charge in [-0.2, -0.15) is 18.4 Å². The van der Waals surface area contributed by atoms with Crippen LogP contribution >= 0.6 is 11.8 Å². The molecule has 0 saturated heterocycles. The Morgan fingerprint density at radius 1 is 1.37 bits per heavy atom. The van der Waals surface area contributed by atoms with Crippen molar-refractivity contribution in [1.82, 2.24) is 0 Å². The summed E-state index contributed by atoms with van der Waals surface area (Å²) in [6, 6.07) is 4.55. The molecule has 0 radical (unpaired) electrons. The van der Waals surface area contributed by atoms with Gasteiger partial charge in [-0.3, -0.25) is 0 Å². The number of nitrogens with two attached hydrogens (primary N) is 1. The fourth-order valence-electron chi connectivity index (χ4n) is 1.23. The summed E-state index contributed by atoms with van der Waals surface area (Å²) < 4.78 is 59.0. The molecular weight excluding hydrogens is 301 g/mol. The number of primary sulfonamides is 1. The first-order chi connectivity index (χ1) is 8.63. The number of benzene rings is 1. The van der Waals surface area contributed by atoms with E-state index < -0.39 is 27.3 Å². The first kappa shape index (κ1) is 15.8. The van der Waals surface area contributed by atoms with Gasteiger partial charge in [-0.25, -0.2) is 13.6 Å². The highest BCUT2D eigenvalue weighted by molar-refractivity contribution is 8.00. The van der Waals surface area contributed by atoms with Crippen molar-refractivity contribution >= 4 is 21.8 Å². The van der Waals surface area contributed by atoms with Crippen LogP contribution in [-0.2, 0) is 16.2 Å². The lowest BCUT2D eigenvalue weighted by Crippen LogP contribution is -2.17. The van der Waals surface area contributed by atoms with Gasteiger partial charge < -0.3 is 0 Å². The van der Waals surface area contributed by atoms with Gasteiger partial charge in [-0.15, -0.1) is 11.8 Å². The molecule has 0 bridgehead atoms. The van der Waals surface area contributed by atoms with E-state index in [1.807, 2.05) is 0 Å². The highest BCUT2D eigenvalue weighted by atomic mass is 32.2. The molecule has 0 aliphatic carbocycles. The molecule has 0 atom stereocenters. The molecule has 0 fully saturated rings. The Balaban J connectivity index is 2.87. The van der Waals surface area contributed by atoms with Crippen LogP contribution in [0.4, 0.5) is 13.2 Å². The van der Waals surface area contributed by atoms with Crippen molar-refractivity contribution in [3.8, 4) is 6.07 Å². The van der Waals surface area contributed by atoms with Crippen LogP contribution in [0.25, 0.3) is 0 Å². The minimum absolute atomic E-state index is 0.106. The molecule has 1 rings (SSSR count). The Morgan fingerprint density at radius 3 is 2.47 bits per heavy atom. The zero-order valence-electron chi connectivity index (χ0n) is 9.44. The molecule has 0 heterocycles. The normalized spacial score (nSPS) is 12.2. The number of thioether (sulfide) groups is 1. The smallest absolute Gasteiger partial charge is 0.229 e. The third-order valence-electron chi connectivity index (χ3n) is 2.05. The molecule has 9 heteroatoms. The summed E-state index contributed by atoms with van der Waals surface area (Å²) >= 11 is 1.02. The minimum Gasteiger partial charge on any atom is -0.229 e. The second-order valence-electron chi connectivity index (χ2n) is 3.53. The molecule has 2 N–H and O–H groups in total. The summed E-state index contributed by atoms with van der Waals surface area (Å²) in [4.78, 5) is 0.383. The van der Waals surface area contributed by atoms with Crippen molar-refractivity contribution in [3.63, 3.8) is 0 Å². The monoisotopic (exact) mass is 310 g/mol. The Morgan fingerprint density at radius 2 is 2.00 bits per heavy atom. The van der Waals surface area contributed by atoms with E-state index in [0.29, 0.717) is 4.90 Å². The molecule has 0 unspecified atom stereocenters. The molecule has 0 aromatic heterocycles. The molecule has 0 saturated carbocycles. The van der Waals surface area contributed by atoms with Crippen molar-refractivity contribution in [3.05, 3.63) is 29.3 Å². The topological polar surface area (TPSA) is 83.9 Å². The quantitative estimate of drug-likeness (QED) is 0.862. The SMILES string of the molecule is N#Cc1cc(SCCS(N)(=O)=O)ccc1C(F)(F)F. The number of hydrogen-bond acceptors (Lipinski definition) is 4. The van der Waals surface area contributed by atoms with Gasteiger partial charge in [-0.1, -0.05) is 0 Å². The van der Waals surface area contributed by atoms with E-state index >= 15 is 0 Å². The van der Waals surface area contributed by atoms with Crippen LogP contribution in [0.5, 0.6) is 0 Å². The molecule has 0 aliphatic heterocycles. The minimum atomic E-state index is -4.59. The average Bonchev–Trinajstić information content (AvgIpc) is 2.25. The lowest BCUT2D eigenvalue weighted by molar-refractivity contribution is -0.137. The van der Waals surface area contributed by atoms with Crippen molar-refractivity contribution in [2.45, 2.75) is 11.1 Å². The summed E-state index contributed by atoms with van der Waals surface area (Å²) in [6.07, 6.45) is -4.59. The van der Waals surface area contributed by atoms with E-state index in [9.17, 15) is 21.6 Å². The van der Waals surface area contributed by atoms with E-state index in [-0.39, 0.29) is 11.5 Å². The standard InChI is InChI=1S/C10H9F3N2O2S2/c11-10(12,13)9-2-1-8(5-7(9)6-14)18-3-4-19(15,16)17/h1-2,5H,3-4H2,(H2,15,16,17). The Bertz CT molecular complexity index is 606. The van der Waals surface area contributed by atoms with Gasteiger partial charge >= 0.3 is 6.18 Å². The molecule has 4 nitrogen and oxygen atoms in total. The van der Waals surface area contributed by atoms with Gasteiger partial charge in [0.15, 0.2) is 0 Å². The predicted molar refractivity (Wildman–Crippen MR) is 64.9 cm³/mol. The number of hydrogen-bond donors (Lipinski definition) is 1. The third kappa shape index (κ3) is 5.10. The van der Waals surface area contributed by atoms with Crippen LogP contribution in [0.15, 0.2) is 23.1 Å². The van der Waals surface area contributed by atoms with Gasteiger partial charge in [0.1, 0.15) is 0 Å². The zero-order valence-corrected chi connectivity index (χ0v) is 11.1. The van der Waals surface area contributed by atoms with Crippen LogP contribution in [0, 0.1) is 11.3 Å². The highest BCUT2D eigenvalue weighted by Crippen LogP contribution is 2.33. The van der Waals surface area contributed by atoms with Crippen LogP contribution in [0.2, 0.25) is 0 Å².